The van der Waals surface area contributed by atoms with Gasteiger partial charge in [-0.2, -0.15) is 0 Å². The summed E-state index contributed by atoms with van der Waals surface area (Å²) < 4.78 is 0. The zero-order chi connectivity index (χ0) is 12.1. The third kappa shape index (κ3) is 4.07. The lowest BCUT2D eigenvalue weighted by atomic mass is 10.0. The highest BCUT2D eigenvalue weighted by atomic mass is 32.1. The molecule has 0 saturated heterocycles. The SMILES string of the molecule is CC(C)CCNCCc1nc2c(s1)CCCC2. The van der Waals surface area contributed by atoms with E-state index in [-0.39, 0.29) is 0 Å². The van der Waals surface area contributed by atoms with Gasteiger partial charge in [-0.15, -0.1) is 11.3 Å². The predicted octanol–water partition coefficient (Wildman–Crippen LogP) is 3.20. The Bertz CT molecular complexity index is 320. The number of nitrogens with one attached hydrogen (secondary N) is 1. The Morgan fingerprint density at radius 1 is 1.24 bits per heavy atom. The number of rotatable bonds is 6. The van der Waals surface area contributed by atoms with Gasteiger partial charge in [-0.05, 0) is 44.6 Å². The number of hydrogen-bond donors (Lipinski definition) is 1. The summed E-state index contributed by atoms with van der Waals surface area (Å²) in [7, 11) is 0. The first-order valence-corrected chi connectivity index (χ1v) is 7.75. The largest absolute Gasteiger partial charge is 0.316 e. The Kier molecular flexibility index (Phi) is 4.99. The van der Waals surface area contributed by atoms with Crippen LogP contribution in [-0.4, -0.2) is 18.1 Å². The molecule has 1 N–H and O–H groups in total. The average molecular weight is 252 g/mol. The van der Waals surface area contributed by atoms with Crippen LogP contribution in [0.2, 0.25) is 0 Å². The van der Waals surface area contributed by atoms with Crippen molar-refractivity contribution in [2.45, 2.75) is 52.4 Å². The Morgan fingerprint density at radius 2 is 2.06 bits per heavy atom. The van der Waals surface area contributed by atoms with Gasteiger partial charge in [-0.25, -0.2) is 4.98 Å². The van der Waals surface area contributed by atoms with Crippen LogP contribution in [0.3, 0.4) is 0 Å². The van der Waals surface area contributed by atoms with E-state index in [1.807, 2.05) is 11.3 Å². The second-order valence-electron chi connectivity index (χ2n) is 5.37. The second-order valence-corrected chi connectivity index (χ2v) is 6.54. The molecule has 0 bridgehead atoms. The highest BCUT2D eigenvalue weighted by molar-refractivity contribution is 7.11. The van der Waals surface area contributed by atoms with Gasteiger partial charge < -0.3 is 5.32 Å². The molecule has 2 rings (SSSR count). The van der Waals surface area contributed by atoms with Gasteiger partial charge in [0.05, 0.1) is 10.7 Å². The molecular formula is C14H24N2S. The van der Waals surface area contributed by atoms with Crippen LogP contribution in [0.25, 0.3) is 0 Å². The van der Waals surface area contributed by atoms with E-state index in [9.17, 15) is 0 Å². The molecule has 0 amide bonds. The number of aromatic nitrogens is 1. The molecule has 0 radical (unpaired) electrons. The molecule has 0 unspecified atom stereocenters. The Balaban J connectivity index is 1.70. The number of fused-ring (bicyclic) bond motifs is 1. The Hall–Kier alpha value is -0.410. The van der Waals surface area contributed by atoms with Gasteiger partial charge >= 0.3 is 0 Å². The summed E-state index contributed by atoms with van der Waals surface area (Å²) in [6.07, 6.45) is 7.56. The summed E-state index contributed by atoms with van der Waals surface area (Å²) >= 11 is 1.95. The molecule has 1 heterocycles. The second kappa shape index (κ2) is 6.50. The first-order valence-electron chi connectivity index (χ1n) is 6.94. The fourth-order valence-corrected chi connectivity index (χ4v) is 3.38. The molecule has 1 aliphatic rings. The van der Waals surface area contributed by atoms with Crippen molar-refractivity contribution in [2.24, 2.45) is 5.92 Å². The molecule has 0 aromatic carbocycles. The minimum absolute atomic E-state index is 0.801. The number of aryl methyl sites for hydroxylation is 2. The van der Waals surface area contributed by atoms with Gasteiger partial charge in [0.2, 0.25) is 0 Å². The van der Waals surface area contributed by atoms with Crippen molar-refractivity contribution in [3.05, 3.63) is 15.6 Å². The summed E-state index contributed by atoms with van der Waals surface area (Å²) in [5, 5.41) is 4.85. The third-order valence-corrected chi connectivity index (χ3v) is 4.52. The highest BCUT2D eigenvalue weighted by Gasteiger charge is 2.14. The van der Waals surface area contributed by atoms with Gasteiger partial charge in [0.25, 0.3) is 0 Å². The first kappa shape index (κ1) is 13.0. The van der Waals surface area contributed by atoms with Crippen molar-refractivity contribution in [1.29, 1.82) is 0 Å². The van der Waals surface area contributed by atoms with Crippen LogP contribution in [0.5, 0.6) is 0 Å². The van der Waals surface area contributed by atoms with Gasteiger partial charge in [0.15, 0.2) is 0 Å². The van der Waals surface area contributed by atoms with E-state index in [1.54, 1.807) is 4.88 Å². The van der Waals surface area contributed by atoms with Crippen molar-refractivity contribution in [3.63, 3.8) is 0 Å². The van der Waals surface area contributed by atoms with Crippen LogP contribution in [0.4, 0.5) is 0 Å². The molecule has 1 aromatic heterocycles. The monoisotopic (exact) mass is 252 g/mol. The molecule has 96 valence electrons. The van der Waals surface area contributed by atoms with Crippen molar-refractivity contribution in [3.8, 4) is 0 Å². The van der Waals surface area contributed by atoms with Crippen LogP contribution in [0.1, 0.15) is 48.7 Å². The van der Waals surface area contributed by atoms with E-state index in [4.69, 9.17) is 4.98 Å². The van der Waals surface area contributed by atoms with E-state index in [2.05, 4.69) is 19.2 Å². The van der Waals surface area contributed by atoms with Crippen LogP contribution in [0, 0.1) is 5.92 Å². The lowest BCUT2D eigenvalue weighted by molar-refractivity contribution is 0.539. The van der Waals surface area contributed by atoms with Crippen LogP contribution >= 0.6 is 11.3 Å². The predicted molar refractivity (Wildman–Crippen MR) is 74.8 cm³/mol. The maximum atomic E-state index is 4.76. The van der Waals surface area contributed by atoms with E-state index in [0.29, 0.717) is 0 Å². The van der Waals surface area contributed by atoms with E-state index in [0.717, 1.165) is 25.4 Å². The number of nitrogens with zero attached hydrogens (tertiary/aromatic N) is 1. The number of hydrogen-bond acceptors (Lipinski definition) is 3. The van der Waals surface area contributed by atoms with E-state index >= 15 is 0 Å². The third-order valence-electron chi connectivity index (χ3n) is 3.30. The summed E-state index contributed by atoms with van der Waals surface area (Å²) in [5.41, 5.74) is 1.40. The minimum atomic E-state index is 0.801. The molecule has 2 nitrogen and oxygen atoms in total. The number of thiazole rings is 1. The molecule has 1 aromatic rings. The standard InChI is InChI=1S/C14H24N2S/c1-11(2)7-9-15-10-8-14-16-12-5-3-4-6-13(12)17-14/h11,15H,3-10H2,1-2H3. The van der Waals surface area contributed by atoms with Crippen molar-refractivity contribution in [2.75, 3.05) is 13.1 Å². The average Bonchev–Trinajstić information content (AvgIpc) is 2.70. The molecule has 3 heteroatoms. The Labute approximate surface area is 109 Å². The quantitative estimate of drug-likeness (QED) is 0.786. The lowest BCUT2D eigenvalue weighted by Gasteiger charge is -2.06. The molecule has 0 fully saturated rings. The lowest BCUT2D eigenvalue weighted by Crippen LogP contribution is -2.19. The summed E-state index contributed by atoms with van der Waals surface area (Å²) in [6.45, 7) is 6.77. The maximum Gasteiger partial charge on any atom is 0.0943 e. The fraction of sp³-hybridized carbons (Fsp3) is 0.786. The fourth-order valence-electron chi connectivity index (χ4n) is 2.22. The van der Waals surface area contributed by atoms with E-state index in [1.165, 1.54) is 42.8 Å². The minimum Gasteiger partial charge on any atom is -0.316 e. The topological polar surface area (TPSA) is 24.9 Å². The molecule has 0 saturated carbocycles. The molecule has 0 aliphatic heterocycles. The molecule has 0 atom stereocenters. The van der Waals surface area contributed by atoms with Crippen LogP contribution in [-0.2, 0) is 19.3 Å². The molecular weight excluding hydrogens is 228 g/mol. The van der Waals surface area contributed by atoms with Gasteiger partial charge in [-0.3, -0.25) is 0 Å². The smallest absolute Gasteiger partial charge is 0.0943 e. The first-order chi connectivity index (χ1) is 8.25. The maximum absolute atomic E-state index is 4.76. The van der Waals surface area contributed by atoms with Gasteiger partial charge in [0, 0.05) is 17.8 Å². The zero-order valence-corrected chi connectivity index (χ0v) is 11.9. The van der Waals surface area contributed by atoms with Gasteiger partial charge in [-0.1, -0.05) is 13.8 Å². The molecule has 17 heavy (non-hydrogen) atoms. The van der Waals surface area contributed by atoms with Crippen molar-refractivity contribution < 1.29 is 0 Å². The molecule has 1 aliphatic carbocycles. The normalized spacial score (nSPS) is 15.2. The Morgan fingerprint density at radius 3 is 2.82 bits per heavy atom. The summed E-state index contributed by atoms with van der Waals surface area (Å²) in [4.78, 5) is 6.33. The van der Waals surface area contributed by atoms with Crippen molar-refractivity contribution in [1.82, 2.24) is 10.3 Å². The van der Waals surface area contributed by atoms with Crippen molar-refractivity contribution >= 4 is 11.3 Å². The summed E-state index contributed by atoms with van der Waals surface area (Å²) in [5.74, 6) is 0.801. The zero-order valence-electron chi connectivity index (χ0n) is 11.1. The van der Waals surface area contributed by atoms with Crippen LogP contribution in [0.15, 0.2) is 0 Å². The highest BCUT2D eigenvalue weighted by Crippen LogP contribution is 2.26. The van der Waals surface area contributed by atoms with E-state index < -0.39 is 0 Å². The summed E-state index contributed by atoms with van der Waals surface area (Å²) in [6, 6.07) is 0. The van der Waals surface area contributed by atoms with Gasteiger partial charge in [0.1, 0.15) is 0 Å². The van der Waals surface area contributed by atoms with Crippen LogP contribution < -0.4 is 5.32 Å². The molecule has 0 spiro atoms.